The average Bonchev–Trinajstić information content (AvgIpc) is 2.50. The summed E-state index contributed by atoms with van der Waals surface area (Å²) >= 11 is 5.38. The zero-order valence-electron chi connectivity index (χ0n) is 5.58. The molecule has 4 nitrogen and oxygen atoms in total. The minimum atomic E-state index is -0.561. The summed E-state index contributed by atoms with van der Waals surface area (Å²) in [5.74, 6) is 0.125. The highest BCUT2D eigenvalue weighted by atomic mass is 35.5. The molecule has 1 N–H and O–H groups in total. The maximum atomic E-state index is 10.7. The van der Waals surface area contributed by atoms with Crippen LogP contribution in [0.15, 0.2) is 10.6 Å². The van der Waals surface area contributed by atoms with Gasteiger partial charge in [0.1, 0.15) is 6.61 Å². The Morgan fingerprint density at radius 1 is 1.82 bits per heavy atom. The van der Waals surface area contributed by atoms with Gasteiger partial charge in [-0.2, -0.15) is 0 Å². The zero-order valence-corrected chi connectivity index (χ0v) is 6.34. The molecule has 0 spiro atoms. The lowest BCUT2D eigenvalue weighted by Crippen LogP contribution is -2.03. The molecule has 0 aromatic carbocycles. The first-order chi connectivity index (χ1) is 5.27. The number of ketones is 1. The molecule has 0 atom stereocenters. The molecule has 1 rings (SSSR count). The van der Waals surface area contributed by atoms with E-state index in [1.54, 1.807) is 0 Å². The SMILES string of the molecule is O=C(CO)c1cc(CCl)on1. The van der Waals surface area contributed by atoms with Crippen LogP contribution in [0.2, 0.25) is 0 Å². The van der Waals surface area contributed by atoms with Crippen LogP contribution < -0.4 is 0 Å². The summed E-state index contributed by atoms with van der Waals surface area (Å²) in [5.41, 5.74) is 0.114. The van der Waals surface area contributed by atoms with E-state index in [0.29, 0.717) is 5.76 Å². The van der Waals surface area contributed by atoms with Gasteiger partial charge in [0, 0.05) is 6.07 Å². The van der Waals surface area contributed by atoms with Crippen molar-refractivity contribution in [3.8, 4) is 0 Å². The predicted octanol–water partition coefficient (Wildman–Crippen LogP) is 0.588. The number of hydrogen-bond donors (Lipinski definition) is 1. The van der Waals surface area contributed by atoms with Crippen LogP contribution in [-0.2, 0) is 5.88 Å². The largest absolute Gasteiger partial charge is 0.388 e. The van der Waals surface area contributed by atoms with Crippen LogP contribution in [0.4, 0.5) is 0 Å². The molecule has 1 heterocycles. The molecule has 0 bridgehead atoms. The predicted molar refractivity (Wildman–Crippen MR) is 37.5 cm³/mol. The molecule has 60 valence electrons. The highest BCUT2D eigenvalue weighted by Gasteiger charge is 2.09. The monoisotopic (exact) mass is 175 g/mol. The molecule has 5 heteroatoms. The number of carbonyl (C=O) groups excluding carboxylic acids is 1. The van der Waals surface area contributed by atoms with Crippen molar-refractivity contribution >= 4 is 17.4 Å². The zero-order chi connectivity index (χ0) is 8.27. The summed E-state index contributed by atoms with van der Waals surface area (Å²) in [5, 5.41) is 11.8. The Hall–Kier alpha value is -0.870. The first kappa shape index (κ1) is 8.23. The van der Waals surface area contributed by atoms with E-state index < -0.39 is 12.4 Å². The Labute approximate surface area is 67.8 Å². The number of hydrogen-bond acceptors (Lipinski definition) is 4. The smallest absolute Gasteiger partial charge is 0.209 e. The van der Waals surface area contributed by atoms with Crippen LogP contribution >= 0.6 is 11.6 Å². The molecule has 0 radical (unpaired) electrons. The Bertz CT molecular complexity index is 258. The Morgan fingerprint density at radius 3 is 3.00 bits per heavy atom. The first-order valence-corrected chi connectivity index (χ1v) is 3.47. The van der Waals surface area contributed by atoms with Crippen molar-refractivity contribution in [2.75, 3.05) is 6.61 Å². The minimum absolute atomic E-state index is 0.114. The Balaban J connectivity index is 2.80. The lowest BCUT2D eigenvalue weighted by atomic mass is 10.3. The second-order valence-corrected chi connectivity index (χ2v) is 2.16. The molecule has 0 saturated carbocycles. The fourth-order valence-corrected chi connectivity index (χ4v) is 0.714. The van der Waals surface area contributed by atoms with Gasteiger partial charge in [-0.1, -0.05) is 5.16 Å². The lowest BCUT2D eigenvalue weighted by molar-refractivity contribution is 0.0894. The van der Waals surface area contributed by atoms with Crippen LogP contribution in [0.1, 0.15) is 16.2 Å². The second-order valence-electron chi connectivity index (χ2n) is 1.89. The van der Waals surface area contributed by atoms with E-state index in [9.17, 15) is 4.79 Å². The van der Waals surface area contributed by atoms with Gasteiger partial charge < -0.3 is 9.63 Å². The summed E-state index contributed by atoms with van der Waals surface area (Å²) < 4.78 is 4.62. The maximum absolute atomic E-state index is 10.7. The van der Waals surface area contributed by atoms with Gasteiger partial charge in [-0.15, -0.1) is 11.6 Å². The van der Waals surface area contributed by atoms with Crippen molar-refractivity contribution < 1.29 is 14.4 Å². The van der Waals surface area contributed by atoms with E-state index in [1.807, 2.05) is 0 Å². The summed E-state index contributed by atoms with van der Waals surface area (Å²) in [6, 6.07) is 1.41. The molecule has 0 fully saturated rings. The van der Waals surface area contributed by atoms with E-state index in [2.05, 4.69) is 9.68 Å². The molecular formula is C6H6ClNO3. The normalized spacial score (nSPS) is 10.0. The number of nitrogens with zero attached hydrogens (tertiary/aromatic N) is 1. The first-order valence-electron chi connectivity index (χ1n) is 2.93. The number of aliphatic hydroxyl groups is 1. The van der Waals surface area contributed by atoms with E-state index in [0.717, 1.165) is 0 Å². The quantitative estimate of drug-likeness (QED) is 0.540. The van der Waals surface area contributed by atoms with Gasteiger partial charge in [0.25, 0.3) is 0 Å². The van der Waals surface area contributed by atoms with Crippen LogP contribution in [0.5, 0.6) is 0 Å². The van der Waals surface area contributed by atoms with Gasteiger partial charge in [-0.25, -0.2) is 0 Å². The van der Waals surface area contributed by atoms with Crippen molar-refractivity contribution in [3.05, 3.63) is 17.5 Å². The maximum Gasteiger partial charge on any atom is 0.209 e. The Kier molecular flexibility index (Phi) is 2.62. The molecule has 0 aliphatic rings. The lowest BCUT2D eigenvalue weighted by Gasteiger charge is -1.83. The molecule has 0 aliphatic heterocycles. The Morgan fingerprint density at radius 2 is 2.55 bits per heavy atom. The van der Waals surface area contributed by atoms with Crippen LogP contribution in [0.25, 0.3) is 0 Å². The number of halogens is 1. The number of rotatable bonds is 3. The van der Waals surface area contributed by atoms with Gasteiger partial charge in [0.05, 0.1) is 5.88 Å². The van der Waals surface area contributed by atoms with E-state index in [1.165, 1.54) is 6.07 Å². The summed E-state index contributed by atoms with van der Waals surface area (Å²) in [4.78, 5) is 10.7. The number of Topliss-reactive ketones (excluding diaryl/α,β-unsaturated/α-hetero) is 1. The summed E-state index contributed by atoms with van der Waals surface area (Å²) in [6.07, 6.45) is 0. The van der Waals surface area contributed by atoms with Crippen molar-refractivity contribution in [1.29, 1.82) is 0 Å². The second kappa shape index (κ2) is 3.50. The molecule has 11 heavy (non-hydrogen) atoms. The number of aromatic nitrogens is 1. The highest BCUT2D eigenvalue weighted by molar-refractivity contribution is 6.16. The van der Waals surface area contributed by atoms with Crippen molar-refractivity contribution in [2.45, 2.75) is 5.88 Å². The molecule has 1 aromatic heterocycles. The van der Waals surface area contributed by atoms with Crippen LogP contribution in [0.3, 0.4) is 0 Å². The summed E-state index contributed by atoms with van der Waals surface area (Å²) in [6.45, 7) is -0.561. The third kappa shape index (κ3) is 1.78. The standard InChI is InChI=1S/C6H6ClNO3/c7-2-4-1-5(8-11-4)6(10)3-9/h1,9H,2-3H2. The molecule has 0 unspecified atom stereocenters. The topological polar surface area (TPSA) is 63.3 Å². The van der Waals surface area contributed by atoms with E-state index >= 15 is 0 Å². The van der Waals surface area contributed by atoms with Gasteiger partial charge in [-0.3, -0.25) is 4.79 Å². The average molecular weight is 176 g/mol. The summed E-state index contributed by atoms with van der Waals surface area (Å²) in [7, 11) is 0. The van der Waals surface area contributed by atoms with Crippen molar-refractivity contribution in [3.63, 3.8) is 0 Å². The van der Waals surface area contributed by atoms with Gasteiger partial charge in [-0.05, 0) is 0 Å². The van der Waals surface area contributed by atoms with Crippen LogP contribution in [0, 0.1) is 0 Å². The van der Waals surface area contributed by atoms with Crippen molar-refractivity contribution in [2.24, 2.45) is 0 Å². The van der Waals surface area contributed by atoms with E-state index in [4.69, 9.17) is 16.7 Å². The minimum Gasteiger partial charge on any atom is -0.388 e. The van der Waals surface area contributed by atoms with Crippen molar-refractivity contribution in [1.82, 2.24) is 5.16 Å². The molecule has 0 aliphatic carbocycles. The van der Waals surface area contributed by atoms with E-state index in [-0.39, 0.29) is 11.6 Å². The van der Waals surface area contributed by atoms with Gasteiger partial charge in [0.2, 0.25) is 5.78 Å². The molecule has 0 saturated heterocycles. The highest BCUT2D eigenvalue weighted by Crippen LogP contribution is 2.06. The third-order valence-corrected chi connectivity index (χ3v) is 1.38. The molecule has 0 amide bonds. The van der Waals surface area contributed by atoms with Crippen LogP contribution in [-0.4, -0.2) is 22.7 Å². The third-order valence-electron chi connectivity index (χ3n) is 1.12. The molecule has 1 aromatic rings. The number of carbonyl (C=O) groups is 1. The molecular weight excluding hydrogens is 170 g/mol. The number of aliphatic hydroxyl groups excluding tert-OH is 1. The van der Waals surface area contributed by atoms with Gasteiger partial charge in [0.15, 0.2) is 11.5 Å². The fraction of sp³-hybridized carbons (Fsp3) is 0.333. The fourth-order valence-electron chi connectivity index (χ4n) is 0.588. The number of alkyl halides is 1. The van der Waals surface area contributed by atoms with Gasteiger partial charge >= 0.3 is 0 Å².